The molecule has 0 aliphatic carbocycles. The summed E-state index contributed by atoms with van der Waals surface area (Å²) in [6.45, 7) is 2.60. The van der Waals surface area contributed by atoms with Crippen molar-refractivity contribution in [1.29, 1.82) is 0 Å². The minimum Gasteiger partial charge on any atom is -0.352 e. The summed E-state index contributed by atoms with van der Waals surface area (Å²) in [6.07, 6.45) is 4.31. The molecule has 0 unspecified atom stereocenters. The number of nitrogens with zero attached hydrogens (tertiary/aromatic N) is 2. The van der Waals surface area contributed by atoms with E-state index in [1.165, 1.54) is 4.88 Å². The molecule has 5 heteroatoms. The SMILES string of the molecule is Cc1nc(-c2ccncc2)sc1CCNC(=O)c1ccc(-c2ccccc2)cc1. The van der Waals surface area contributed by atoms with Gasteiger partial charge in [-0.05, 0) is 42.3 Å². The zero-order valence-corrected chi connectivity index (χ0v) is 16.9. The Hall–Kier alpha value is -3.31. The van der Waals surface area contributed by atoms with Crippen LogP contribution in [-0.2, 0) is 6.42 Å². The largest absolute Gasteiger partial charge is 0.352 e. The number of nitrogens with one attached hydrogen (secondary N) is 1. The number of aromatic nitrogens is 2. The van der Waals surface area contributed by atoms with E-state index in [4.69, 9.17) is 0 Å². The number of hydrogen-bond donors (Lipinski definition) is 1. The van der Waals surface area contributed by atoms with Gasteiger partial charge in [-0.3, -0.25) is 9.78 Å². The Labute approximate surface area is 174 Å². The average molecular weight is 400 g/mol. The second-order valence-corrected chi connectivity index (χ2v) is 7.80. The third-order valence-corrected chi connectivity index (χ3v) is 5.98. The van der Waals surface area contributed by atoms with Crippen molar-refractivity contribution in [2.45, 2.75) is 13.3 Å². The molecule has 0 atom stereocenters. The van der Waals surface area contributed by atoms with Gasteiger partial charge in [-0.1, -0.05) is 42.5 Å². The van der Waals surface area contributed by atoms with Crippen LogP contribution in [0.2, 0.25) is 0 Å². The van der Waals surface area contributed by atoms with Crippen LogP contribution in [0.1, 0.15) is 20.9 Å². The fraction of sp³-hybridized carbons (Fsp3) is 0.125. The van der Waals surface area contributed by atoms with E-state index in [2.05, 4.69) is 27.4 Å². The van der Waals surface area contributed by atoms with Gasteiger partial charge in [0.05, 0.1) is 5.69 Å². The molecule has 2 heterocycles. The molecular weight excluding hydrogens is 378 g/mol. The van der Waals surface area contributed by atoms with Crippen molar-refractivity contribution in [2.24, 2.45) is 0 Å². The van der Waals surface area contributed by atoms with Crippen LogP contribution in [0.4, 0.5) is 0 Å². The summed E-state index contributed by atoms with van der Waals surface area (Å²) >= 11 is 1.67. The highest BCUT2D eigenvalue weighted by Crippen LogP contribution is 2.27. The molecule has 0 aliphatic heterocycles. The third-order valence-electron chi connectivity index (χ3n) is 4.71. The molecule has 0 spiro atoms. The maximum atomic E-state index is 12.5. The molecular formula is C24H21N3OS. The Balaban J connectivity index is 1.35. The fourth-order valence-corrected chi connectivity index (χ4v) is 4.18. The van der Waals surface area contributed by atoms with Crippen LogP contribution in [0.5, 0.6) is 0 Å². The quantitative estimate of drug-likeness (QED) is 0.488. The minimum atomic E-state index is -0.0545. The number of aryl methyl sites for hydroxylation is 1. The van der Waals surface area contributed by atoms with Gasteiger partial charge in [0.2, 0.25) is 0 Å². The molecule has 0 radical (unpaired) electrons. The Morgan fingerprint density at radius 3 is 2.31 bits per heavy atom. The molecule has 1 amide bonds. The Morgan fingerprint density at radius 2 is 1.59 bits per heavy atom. The predicted octanol–water partition coefficient (Wildman–Crippen LogP) is 5.15. The van der Waals surface area contributed by atoms with Gasteiger partial charge in [-0.15, -0.1) is 11.3 Å². The number of pyridine rings is 1. The van der Waals surface area contributed by atoms with Crippen LogP contribution >= 0.6 is 11.3 Å². The van der Waals surface area contributed by atoms with Crippen molar-refractivity contribution in [2.75, 3.05) is 6.54 Å². The number of rotatable bonds is 6. The molecule has 0 bridgehead atoms. The number of carbonyl (C=O) groups is 1. The molecule has 29 heavy (non-hydrogen) atoms. The van der Waals surface area contributed by atoms with E-state index in [-0.39, 0.29) is 5.91 Å². The molecule has 4 aromatic rings. The van der Waals surface area contributed by atoms with E-state index < -0.39 is 0 Å². The highest BCUT2D eigenvalue weighted by atomic mass is 32.1. The highest BCUT2D eigenvalue weighted by Gasteiger charge is 2.11. The highest BCUT2D eigenvalue weighted by molar-refractivity contribution is 7.15. The van der Waals surface area contributed by atoms with Gasteiger partial charge in [-0.25, -0.2) is 4.98 Å². The van der Waals surface area contributed by atoms with Gasteiger partial charge < -0.3 is 5.32 Å². The molecule has 0 saturated carbocycles. The lowest BCUT2D eigenvalue weighted by Gasteiger charge is -2.06. The van der Waals surface area contributed by atoms with Gasteiger partial charge in [-0.2, -0.15) is 0 Å². The number of carbonyl (C=O) groups excluding carboxylic acids is 1. The molecule has 0 fully saturated rings. The zero-order valence-electron chi connectivity index (χ0n) is 16.1. The van der Waals surface area contributed by atoms with Crippen LogP contribution in [0.25, 0.3) is 21.7 Å². The number of benzene rings is 2. The van der Waals surface area contributed by atoms with E-state index in [1.807, 2.05) is 61.5 Å². The van der Waals surface area contributed by atoms with Crippen molar-refractivity contribution in [3.63, 3.8) is 0 Å². The van der Waals surface area contributed by atoms with E-state index in [9.17, 15) is 4.79 Å². The first-order valence-electron chi connectivity index (χ1n) is 9.51. The topological polar surface area (TPSA) is 54.9 Å². The summed E-state index contributed by atoms with van der Waals surface area (Å²) in [5.74, 6) is -0.0545. The predicted molar refractivity (Wildman–Crippen MR) is 118 cm³/mol. The van der Waals surface area contributed by atoms with Gasteiger partial charge in [0.25, 0.3) is 5.91 Å². The summed E-state index contributed by atoms with van der Waals surface area (Å²) < 4.78 is 0. The Kier molecular flexibility index (Phi) is 5.77. The molecule has 2 aromatic heterocycles. The fourth-order valence-electron chi connectivity index (χ4n) is 3.11. The maximum absolute atomic E-state index is 12.5. The van der Waals surface area contributed by atoms with Gasteiger partial charge >= 0.3 is 0 Å². The summed E-state index contributed by atoms with van der Waals surface area (Å²) in [7, 11) is 0. The molecule has 1 N–H and O–H groups in total. The number of hydrogen-bond acceptors (Lipinski definition) is 4. The van der Waals surface area contributed by atoms with E-state index in [1.54, 1.807) is 23.7 Å². The lowest BCUT2D eigenvalue weighted by molar-refractivity contribution is 0.0954. The van der Waals surface area contributed by atoms with E-state index in [0.717, 1.165) is 33.8 Å². The number of amides is 1. The van der Waals surface area contributed by atoms with Gasteiger partial charge in [0.15, 0.2) is 0 Å². The summed E-state index contributed by atoms with van der Waals surface area (Å²) in [4.78, 5) is 22.4. The zero-order chi connectivity index (χ0) is 20.1. The van der Waals surface area contributed by atoms with Gasteiger partial charge in [0.1, 0.15) is 5.01 Å². The second-order valence-electron chi connectivity index (χ2n) is 6.71. The van der Waals surface area contributed by atoms with Crippen molar-refractivity contribution in [1.82, 2.24) is 15.3 Å². The van der Waals surface area contributed by atoms with Crippen molar-refractivity contribution >= 4 is 17.2 Å². The molecule has 4 rings (SSSR count). The second kappa shape index (κ2) is 8.80. The summed E-state index contributed by atoms with van der Waals surface area (Å²) in [6, 6.07) is 21.8. The van der Waals surface area contributed by atoms with E-state index >= 15 is 0 Å². The molecule has 0 aliphatic rings. The Bertz CT molecular complexity index is 1090. The average Bonchev–Trinajstić information content (AvgIpc) is 3.15. The maximum Gasteiger partial charge on any atom is 0.251 e. The Morgan fingerprint density at radius 1 is 0.897 bits per heavy atom. The molecule has 4 nitrogen and oxygen atoms in total. The van der Waals surface area contributed by atoms with Crippen LogP contribution in [0, 0.1) is 6.92 Å². The monoisotopic (exact) mass is 399 g/mol. The molecule has 2 aromatic carbocycles. The molecule has 144 valence electrons. The van der Waals surface area contributed by atoms with Crippen molar-refractivity contribution < 1.29 is 4.79 Å². The smallest absolute Gasteiger partial charge is 0.251 e. The van der Waals surface area contributed by atoms with Crippen molar-refractivity contribution in [3.8, 4) is 21.7 Å². The molecule has 0 saturated heterocycles. The summed E-state index contributed by atoms with van der Waals surface area (Å²) in [5, 5.41) is 4.00. The van der Waals surface area contributed by atoms with E-state index in [0.29, 0.717) is 12.1 Å². The first kappa shape index (κ1) is 19.0. The van der Waals surface area contributed by atoms with Crippen LogP contribution in [-0.4, -0.2) is 22.4 Å². The normalized spacial score (nSPS) is 10.7. The summed E-state index contributed by atoms with van der Waals surface area (Å²) in [5.41, 5.74) is 5.00. The first-order valence-corrected chi connectivity index (χ1v) is 10.3. The minimum absolute atomic E-state index is 0.0545. The standard InChI is InChI=1S/C24H21N3OS/c1-17-22(29-24(27-17)21-11-14-25-15-12-21)13-16-26-23(28)20-9-7-19(8-10-20)18-5-3-2-4-6-18/h2-12,14-15H,13,16H2,1H3,(H,26,28). The van der Waals surface area contributed by atoms with Gasteiger partial charge in [0, 0.05) is 41.4 Å². The number of thiazole rings is 1. The lowest BCUT2D eigenvalue weighted by atomic mass is 10.0. The van der Waals surface area contributed by atoms with Crippen LogP contribution < -0.4 is 5.32 Å². The van der Waals surface area contributed by atoms with Crippen LogP contribution in [0.3, 0.4) is 0 Å². The van der Waals surface area contributed by atoms with Crippen molar-refractivity contribution in [3.05, 3.63) is 95.3 Å². The van der Waals surface area contributed by atoms with Crippen LogP contribution in [0.15, 0.2) is 79.1 Å². The lowest BCUT2D eigenvalue weighted by Crippen LogP contribution is -2.25. The first-order chi connectivity index (χ1) is 14.2. The third kappa shape index (κ3) is 4.58.